The summed E-state index contributed by atoms with van der Waals surface area (Å²) in [6, 6.07) is 2.09. The standard InChI is InChI=1S/C15H19BrF2N2O2/c1-15(2,3)22-14(21)20-5-4-9(8-20)19-13-6-10(16)11(17)7-12(13)18/h6-7,9,19H,4-5,8H2,1-3H3. The lowest BCUT2D eigenvalue weighted by atomic mass is 10.2. The molecule has 2 rings (SSSR count). The fourth-order valence-corrected chi connectivity index (χ4v) is 2.57. The quantitative estimate of drug-likeness (QED) is 0.788. The molecule has 0 aliphatic carbocycles. The molecule has 7 heteroatoms. The van der Waals surface area contributed by atoms with Crippen molar-refractivity contribution in [1.29, 1.82) is 0 Å². The van der Waals surface area contributed by atoms with Gasteiger partial charge in [-0.3, -0.25) is 0 Å². The molecule has 122 valence electrons. The largest absolute Gasteiger partial charge is 0.444 e. The van der Waals surface area contributed by atoms with Crippen LogP contribution in [0, 0.1) is 11.6 Å². The van der Waals surface area contributed by atoms with Crippen molar-refractivity contribution in [1.82, 2.24) is 4.90 Å². The molecular formula is C15H19BrF2N2O2. The molecule has 1 unspecified atom stereocenters. The predicted molar refractivity (Wildman–Crippen MR) is 83.9 cm³/mol. The Kier molecular flexibility index (Phi) is 4.94. The van der Waals surface area contributed by atoms with Crippen molar-refractivity contribution in [2.45, 2.75) is 38.8 Å². The number of hydrogen-bond donors (Lipinski definition) is 1. The molecule has 1 saturated heterocycles. The normalized spacial score (nSPS) is 18.5. The van der Waals surface area contributed by atoms with Crippen LogP contribution in [0.3, 0.4) is 0 Å². The molecule has 1 heterocycles. The van der Waals surface area contributed by atoms with Gasteiger partial charge in [0.05, 0.1) is 10.2 Å². The molecule has 1 aromatic rings. The number of carbonyl (C=O) groups excluding carboxylic acids is 1. The molecule has 4 nitrogen and oxygen atoms in total. The first kappa shape index (κ1) is 17.0. The molecule has 0 aromatic heterocycles. The monoisotopic (exact) mass is 376 g/mol. The number of anilines is 1. The summed E-state index contributed by atoms with van der Waals surface area (Å²) in [5, 5.41) is 3.00. The minimum absolute atomic E-state index is 0.0978. The average molecular weight is 377 g/mol. The minimum atomic E-state index is -0.656. The maximum atomic E-state index is 13.7. The number of benzene rings is 1. The van der Waals surface area contributed by atoms with Crippen LogP contribution in [-0.4, -0.2) is 35.7 Å². The van der Waals surface area contributed by atoms with E-state index in [-0.39, 0.29) is 22.3 Å². The summed E-state index contributed by atoms with van der Waals surface area (Å²) >= 11 is 3.03. The second kappa shape index (κ2) is 6.40. The maximum absolute atomic E-state index is 13.7. The summed E-state index contributed by atoms with van der Waals surface area (Å²) in [6.45, 7) is 6.38. The fourth-order valence-electron chi connectivity index (χ4n) is 2.22. The summed E-state index contributed by atoms with van der Waals surface area (Å²) in [4.78, 5) is 13.6. The van der Waals surface area contributed by atoms with Gasteiger partial charge >= 0.3 is 6.09 Å². The third-order valence-corrected chi connectivity index (χ3v) is 3.82. The fraction of sp³-hybridized carbons (Fsp3) is 0.533. The van der Waals surface area contributed by atoms with Gasteiger partial charge in [-0.1, -0.05) is 0 Å². The van der Waals surface area contributed by atoms with Gasteiger partial charge in [0, 0.05) is 25.2 Å². The van der Waals surface area contributed by atoms with Gasteiger partial charge in [0.1, 0.15) is 17.2 Å². The molecule has 1 aliphatic rings. The van der Waals surface area contributed by atoms with E-state index in [0.717, 1.165) is 6.07 Å². The number of nitrogens with one attached hydrogen (secondary N) is 1. The van der Waals surface area contributed by atoms with Gasteiger partial charge < -0.3 is 15.0 Å². The van der Waals surface area contributed by atoms with Crippen LogP contribution in [-0.2, 0) is 4.74 Å². The van der Waals surface area contributed by atoms with Crippen LogP contribution in [0.2, 0.25) is 0 Å². The molecule has 1 N–H and O–H groups in total. The Morgan fingerprint density at radius 3 is 2.68 bits per heavy atom. The first-order valence-corrected chi connectivity index (χ1v) is 7.84. The molecule has 0 spiro atoms. The Hall–Kier alpha value is -1.37. The number of likely N-dealkylation sites (tertiary alicyclic amines) is 1. The predicted octanol–water partition coefficient (Wildman–Crippen LogP) is 4.15. The van der Waals surface area contributed by atoms with Crippen LogP contribution in [0.25, 0.3) is 0 Å². The molecule has 0 bridgehead atoms. The lowest BCUT2D eigenvalue weighted by Gasteiger charge is -2.24. The molecule has 1 atom stereocenters. The topological polar surface area (TPSA) is 41.6 Å². The number of amides is 1. The SMILES string of the molecule is CC(C)(C)OC(=O)N1CCC(Nc2cc(Br)c(F)cc2F)C1. The third-order valence-electron chi connectivity index (χ3n) is 3.21. The Balaban J connectivity index is 1.97. The minimum Gasteiger partial charge on any atom is -0.444 e. The zero-order valence-electron chi connectivity index (χ0n) is 12.8. The summed E-state index contributed by atoms with van der Waals surface area (Å²) in [5.74, 6) is -1.30. The van der Waals surface area contributed by atoms with Crippen LogP contribution >= 0.6 is 15.9 Å². The molecule has 1 aromatic carbocycles. The first-order valence-electron chi connectivity index (χ1n) is 7.05. The molecule has 1 amide bonds. The zero-order valence-corrected chi connectivity index (χ0v) is 14.3. The molecule has 0 radical (unpaired) electrons. The second-order valence-electron chi connectivity index (χ2n) is 6.30. The Labute approximate surface area is 136 Å². The van der Waals surface area contributed by atoms with Crippen molar-refractivity contribution < 1.29 is 18.3 Å². The van der Waals surface area contributed by atoms with Crippen molar-refractivity contribution >= 4 is 27.7 Å². The summed E-state index contributed by atoms with van der Waals surface area (Å²) in [6.07, 6.45) is 0.297. The van der Waals surface area contributed by atoms with Gasteiger partial charge in [0.25, 0.3) is 0 Å². The molecular weight excluding hydrogens is 358 g/mol. The van der Waals surface area contributed by atoms with E-state index in [1.165, 1.54) is 6.07 Å². The van der Waals surface area contributed by atoms with Gasteiger partial charge in [0.2, 0.25) is 0 Å². The van der Waals surface area contributed by atoms with Gasteiger partial charge in [-0.15, -0.1) is 0 Å². The van der Waals surface area contributed by atoms with Crippen molar-refractivity contribution in [3.8, 4) is 0 Å². The van der Waals surface area contributed by atoms with Crippen molar-refractivity contribution in [2.75, 3.05) is 18.4 Å². The van der Waals surface area contributed by atoms with Crippen LogP contribution in [0.15, 0.2) is 16.6 Å². The van der Waals surface area contributed by atoms with E-state index in [4.69, 9.17) is 4.74 Å². The van der Waals surface area contributed by atoms with E-state index in [0.29, 0.717) is 19.5 Å². The molecule has 1 aliphatic heterocycles. The van der Waals surface area contributed by atoms with E-state index >= 15 is 0 Å². The number of nitrogens with zero attached hydrogens (tertiary/aromatic N) is 1. The summed E-state index contributed by atoms with van der Waals surface area (Å²) in [7, 11) is 0. The number of ether oxygens (including phenoxy) is 1. The van der Waals surface area contributed by atoms with Crippen molar-refractivity contribution in [2.24, 2.45) is 0 Å². The van der Waals surface area contributed by atoms with Crippen molar-refractivity contribution in [3.63, 3.8) is 0 Å². The van der Waals surface area contributed by atoms with E-state index in [2.05, 4.69) is 21.2 Å². The number of hydrogen-bond acceptors (Lipinski definition) is 3. The second-order valence-corrected chi connectivity index (χ2v) is 7.16. The van der Waals surface area contributed by atoms with Crippen LogP contribution in [0.5, 0.6) is 0 Å². The van der Waals surface area contributed by atoms with E-state index in [9.17, 15) is 13.6 Å². The summed E-state index contributed by atoms with van der Waals surface area (Å²) < 4.78 is 32.4. The first-order chi connectivity index (χ1) is 10.2. The van der Waals surface area contributed by atoms with Gasteiger partial charge in [0.15, 0.2) is 0 Å². The summed E-state index contributed by atoms with van der Waals surface area (Å²) in [5.41, 5.74) is -0.333. The van der Waals surface area contributed by atoms with Gasteiger partial charge in [-0.05, 0) is 49.2 Å². The lowest BCUT2D eigenvalue weighted by molar-refractivity contribution is 0.0293. The molecule has 0 saturated carbocycles. The number of halogens is 3. The Morgan fingerprint density at radius 1 is 1.36 bits per heavy atom. The van der Waals surface area contributed by atoms with Crippen molar-refractivity contribution in [3.05, 3.63) is 28.2 Å². The number of carbonyl (C=O) groups is 1. The highest BCUT2D eigenvalue weighted by Crippen LogP contribution is 2.26. The average Bonchev–Trinajstić information content (AvgIpc) is 2.82. The highest BCUT2D eigenvalue weighted by atomic mass is 79.9. The van der Waals surface area contributed by atoms with E-state index < -0.39 is 17.2 Å². The highest BCUT2D eigenvalue weighted by Gasteiger charge is 2.30. The number of rotatable bonds is 2. The van der Waals surface area contributed by atoms with Gasteiger partial charge in [-0.2, -0.15) is 0 Å². The highest BCUT2D eigenvalue weighted by molar-refractivity contribution is 9.10. The Morgan fingerprint density at radius 2 is 2.05 bits per heavy atom. The van der Waals surface area contributed by atoms with E-state index in [1.807, 2.05) is 20.8 Å². The Bertz CT molecular complexity index is 575. The van der Waals surface area contributed by atoms with Gasteiger partial charge in [-0.25, -0.2) is 13.6 Å². The zero-order chi connectivity index (χ0) is 16.5. The van der Waals surface area contributed by atoms with E-state index in [1.54, 1.807) is 4.90 Å². The smallest absolute Gasteiger partial charge is 0.410 e. The lowest BCUT2D eigenvalue weighted by Crippen LogP contribution is -2.36. The molecule has 22 heavy (non-hydrogen) atoms. The van der Waals surface area contributed by atoms with Crippen LogP contribution < -0.4 is 5.32 Å². The third kappa shape index (κ3) is 4.32. The maximum Gasteiger partial charge on any atom is 0.410 e. The van der Waals surface area contributed by atoms with Crippen LogP contribution in [0.1, 0.15) is 27.2 Å². The molecule has 1 fully saturated rings. The van der Waals surface area contributed by atoms with Crippen LogP contribution in [0.4, 0.5) is 19.3 Å².